The van der Waals surface area contributed by atoms with Gasteiger partial charge in [-0.3, -0.25) is 0 Å². The molecule has 1 heterocycles. The molecule has 0 fully saturated rings. The SMILES string of the molecule is C#CCCOc1ccc2c(c1)OCC2NCC. The molecule has 1 N–H and O–H groups in total. The second-order valence-electron chi connectivity index (χ2n) is 3.92. The van der Waals surface area contributed by atoms with Crippen LogP contribution in [0.4, 0.5) is 0 Å². The molecule has 1 aliphatic heterocycles. The van der Waals surface area contributed by atoms with E-state index in [0.29, 0.717) is 25.7 Å². The first-order valence-corrected chi connectivity index (χ1v) is 5.91. The lowest BCUT2D eigenvalue weighted by Crippen LogP contribution is -2.21. The minimum atomic E-state index is 0.301. The van der Waals surface area contributed by atoms with Crippen LogP contribution in [0.25, 0.3) is 0 Å². The second kappa shape index (κ2) is 5.60. The van der Waals surface area contributed by atoms with E-state index < -0.39 is 0 Å². The van der Waals surface area contributed by atoms with Crippen LogP contribution in [0.1, 0.15) is 24.9 Å². The Kier molecular flexibility index (Phi) is 3.89. The first-order chi connectivity index (χ1) is 8.35. The molecular formula is C14H17NO2. The zero-order chi connectivity index (χ0) is 12.1. The van der Waals surface area contributed by atoms with E-state index in [1.54, 1.807) is 0 Å². The highest BCUT2D eigenvalue weighted by Gasteiger charge is 2.23. The van der Waals surface area contributed by atoms with Gasteiger partial charge in [0.15, 0.2) is 0 Å². The number of rotatable bonds is 5. The molecule has 0 amide bonds. The summed E-state index contributed by atoms with van der Waals surface area (Å²) in [7, 11) is 0. The monoisotopic (exact) mass is 231 g/mol. The van der Waals surface area contributed by atoms with Crippen molar-refractivity contribution >= 4 is 0 Å². The number of terminal acetylenes is 1. The van der Waals surface area contributed by atoms with Crippen LogP contribution in [0.15, 0.2) is 18.2 Å². The lowest BCUT2D eigenvalue weighted by atomic mass is 10.1. The van der Waals surface area contributed by atoms with Gasteiger partial charge in [-0.2, -0.15) is 0 Å². The van der Waals surface area contributed by atoms with Gasteiger partial charge in [-0.25, -0.2) is 0 Å². The van der Waals surface area contributed by atoms with Gasteiger partial charge in [-0.15, -0.1) is 12.3 Å². The Morgan fingerprint density at radius 3 is 3.24 bits per heavy atom. The van der Waals surface area contributed by atoms with E-state index in [-0.39, 0.29) is 0 Å². The number of hydrogen-bond acceptors (Lipinski definition) is 3. The van der Waals surface area contributed by atoms with Gasteiger partial charge in [0.2, 0.25) is 0 Å². The molecule has 90 valence electrons. The van der Waals surface area contributed by atoms with Crippen molar-refractivity contribution in [3.8, 4) is 23.8 Å². The van der Waals surface area contributed by atoms with Crippen LogP contribution in [-0.2, 0) is 0 Å². The zero-order valence-electron chi connectivity index (χ0n) is 10.0. The molecule has 0 aliphatic carbocycles. The molecule has 0 saturated carbocycles. The van der Waals surface area contributed by atoms with Crippen molar-refractivity contribution in [2.24, 2.45) is 0 Å². The van der Waals surface area contributed by atoms with Crippen molar-refractivity contribution in [1.29, 1.82) is 0 Å². The van der Waals surface area contributed by atoms with Crippen LogP contribution >= 0.6 is 0 Å². The standard InChI is InChI=1S/C14H17NO2/c1-3-5-8-16-11-6-7-12-13(15-4-2)10-17-14(12)9-11/h1,6-7,9,13,15H,4-5,8,10H2,2H3. The maximum absolute atomic E-state index is 5.63. The van der Waals surface area contributed by atoms with Crippen molar-refractivity contribution in [1.82, 2.24) is 5.32 Å². The van der Waals surface area contributed by atoms with Crippen LogP contribution < -0.4 is 14.8 Å². The second-order valence-corrected chi connectivity index (χ2v) is 3.92. The molecule has 1 aromatic rings. The number of nitrogens with one attached hydrogen (secondary N) is 1. The van der Waals surface area contributed by atoms with Crippen LogP contribution in [0.3, 0.4) is 0 Å². The predicted octanol–water partition coefficient (Wildman–Crippen LogP) is 2.13. The fraction of sp³-hybridized carbons (Fsp3) is 0.429. The van der Waals surface area contributed by atoms with Crippen LogP contribution in [0.5, 0.6) is 11.5 Å². The van der Waals surface area contributed by atoms with Crippen LogP contribution in [0.2, 0.25) is 0 Å². The quantitative estimate of drug-likeness (QED) is 0.622. The Hall–Kier alpha value is -1.66. The molecule has 0 aromatic heterocycles. The Labute approximate surface area is 102 Å². The van der Waals surface area contributed by atoms with E-state index in [9.17, 15) is 0 Å². The van der Waals surface area contributed by atoms with Gasteiger partial charge >= 0.3 is 0 Å². The smallest absolute Gasteiger partial charge is 0.127 e. The van der Waals surface area contributed by atoms with Crippen molar-refractivity contribution < 1.29 is 9.47 Å². The van der Waals surface area contributed by atoms with E-state index in [1.165, 1.54) is 5.56 Å². The summed E-state index contributed by atoms with van der Waals surface area (Å²) in [6.45, 7) is 4.27. The number of likely N-dealkylation sites (N-methyl/N-ethyl adjacent to an activating group) is 1. The molecule has 1 aliphatic rings. The summed E-state index contributed by atoms with van der Waals surface area (Å²) in [5.41, 5.74) is 1.20. The molecule has 0 saturated heterocycles. The zero-order valence-corrected chi connectivity index (χ0v) is 10.0. The van der Waals surface area contributed by atoms with Crippen molar-refractivity contribution in [3.05, 3.63) is 23.8 Å². The first-order valence-electron chi connectivity index (χ1n) is 5.91. The Bertz CT molecular complexity index is 423. The molecule has 1 atom stereocenters. The van der Waals surface area contributed by atoms with Gasteiger partial charge in [-0.05, 0) is 18.7 Å². The van der Waals surface area contributed by atoms with Gasteiger partial charge in [0.1, 0.15) is 18.1 Å². The third kappa shape index (κ3) is 2.72. The van der Waals surface area contributed by atoms with Gasteiger partial charge < -0.3 is 14.8 Å². The van der Waals surface area contributed by atoms with Crippen molar-refractivity contribution in [3.63, 3.8) is 0 Å². The average molecular weight is 231 g/mol. The summed E-state index contributed by atoms with van der Waals surface area (Å²) < 4.78 is 11.2. The van der Waals surface area contributed by atoms with Crippen molar-refractivity contribution in [2.75, 3.05) is 19.8 Å². The maximum atomic E-state index is 5.63. The molecule has 0 radical (unpaired) electrons. The van der Waals surface area contributed by atoms with E-state index in [0.717, 1.165) is 18.0 Å². The molecule has 0 spiro atoms. The number of fused-ring (bicyclic) bond motifs is 1. The third-order valence-corrected chi connectivity index (χ3v) is 2.73. The fourth-order valence-electron chi connectivity index (χ4n) is 1.92. The largest absolute Gasteiger partial charge is 0.492 e. The molecule has 3 nitrogen and oxygen atoms in total. The minimum absolute atomic E-state index is 0.301. The van der Waals surface area contributed by atoms with E-state index in [1.807, 2.05) is 12.1 Å². The van der Waals surface area contributed by atoms with Gasteiger partial charge in [0, 0.05) is 18.1 Å². The van der Waals surface area contributed by atoms with Crippen LogP contribution in [-0.4, -0.2) is 19.8 Å². The topological polar surface area (TPSA) is 30.5 Å². The number of ether oxygens (including phenoxy) is 2. The van der Waals surface area contributed by atoms with E-state index in [4.69, 9.17) is 15.9 Å². The van der Waals surface area contributed by atoms with E-state index >= 15 is 0 Å². The number of hydrogen-bond donors (Lipinski definition) is 1. The maximum Gasteiger partial charge on any atom is 0.127 e. The third-order valence-electron chi connectivity index (χ3n) is 2.73. The summed E-state index contributed by atoms with van der Waals surface area (Å²) >= 11 is 0. The molecular weight excluding hydrogens is 214 g/mol. The molecule has 1 aromatic carbocycles. The summed E-state index contributed by atoms with van der Waals surface area (Å²) in [5, 5.41) is 3.38. The highest BCUT2D eigenvalue weighted by atomic mass is 16.5. The first kappa shape index (κ1) is 11.8. The lowest BCUT2D eigenvalue weighted by molar-refractivity contribution is 0.307. The lowest BCUT2D eigenvalue weighted by Gasteiger charge is -2.09. The summed E-state index contributed by atoms with van der Waals surface area (Å²) in [5.74, 6) is 4.27. The Balaban J connectivity index is 2.04. The molecule has 3 heteroatoms. The van der Waals surface area contributed by atoms with Gasteiger partial charge in [0.05, 0.1) is 12.6 Å². The minimum Gasteiger partial charge on any atom is -0.492 e. The molecule has 0 bridgehead atoms. The Morgan fingerprint density at radius 1 is 1.59 bits per heavy atom. The molecule has 1 unspecified atom stereocenters. The molecule has 17 heavy (non-hydrogen) atoms. The fourth-order valence-corrected chi connectivity index (χ4v) is 1.92. The van der Waals surface area contributed by atoms with Crippen LogP contribution in [0, 0.1) is 12.3 Å². The normalized spacial score (nSPS) is 17.1. The summed E-state index contributed by atoms with van der Waals surface area (Å²) in [6, 6.07) is 6.26. The van der Waals surface area contributed by atoms with E-state index in [2.05, 4.69) is 24.2 Å². The number of benzene rings is 1. The highest BCUT2D eigenvalue weighted by Crippen LogP contribution is 2.35. The van der Waals surface area contributed by atoms with Crippen molar-refractivity contribution in [2.45, 2.75) is 19.4 Å². The average Bonchev–Trinajstić information content (AvgIpc) is 2.73. The van der Waals surface area contributed by atoms with Gasteiger partial charge in [0.25, 0.3) is 0 Å². The summed E-state index contributed by atoms with van der Waals surface area (Å²) in [4.78, 5) is 0. The Morgan fingerprint density at radius 2 is 2.47 bits per heavy atom. The summed E-state index contributed by atoms with van der Waals surface area (Å²) in [6.07, 6.45) is 5.79. The molecule has 2 rings (SSSR count). The van der Waals surface area contributed by atoms with Gasteiger partial charge in [-0.1, -0.05) is 6.92 Å². The predicted molar refractivity (Wildman–Crippen MR) is 67.3 cm³/mol. The highest BCUT2D eigenvalue weighted by molar-refractivity contribution is 5.45.